The number of fused-ring (bicyclic) bond motifs is 1. The zero-order valence-electron chi connectivity index (χ0n) is 26.5. The molecule has 0 fully saturated rings. The second kappa shape index (κ2) is 12.8. The maximum Gasteiger partial charge on any atom is 0.271 e. The standard InChI is InChI=1S/C42H35N3O2/c1-30-8-5-11-35(28-30)33-20-26-38(27-21-33)44(42-15-6-10-34-9-3-4-14-41(34)42)37-24-18-32(19-25-37)31-16-22-36(23-17-31)43(2)39-12-7-13-40(29-39)45(46)47/h3-7,9-30H,8H2,1-2H3. The van der Waals surface area contributed by atoms with E-state index in [1.807, 2.05) is 30.1 Å². The number of hydrogen-bond acceptors (Lipinski definition) is 4. The Labute approximate surface area is 275 Å². The number of nitrogens with zero attached hydrogens (tertiary/aromatic N) is 3. The van der Waals surface area contributed by atoms with Crippen LogP contribution < -0.4 is 9.80 Å². The highest BCUT2D eigenvalue weighted by molar-refractivity contribution is 5.99. The Morgan fingerprint density at radius 2 is 1.26 bits per heavy atom. The molecule has 0 amide bonds. The van der Waals surface area contributed by atoms with Crippen molar-refractivity contribution in [3.8, 4) is 11.1 Å². The summed E-state index contributed by atoms with van der Waals surface area (Å²) in [4.78, 5) is 15.2. The third-order valence-electron chi connectivity index (χ3n) is 8.88. The summed E-state index contributed by atoms with van der Waals surface area (Å²) in [5.41, 5.74) is 9.79. The lowest BCUT2D eigenvalue weighted by molar-refractivity contribution is -0.384. The van der Waals surface area contributed by atoms with Crippen LogP contribution in [0.2, 0.25) is 0 Å². The van der Waals surface area contributed by atoms with Crippen molar-refractivity contribution in [1.29, 1.82) is 0 Å². The van der Waals surface area contributed by atoms with Gasteiger partial charge in [-0.3, -0.25) is 10.1 Å². The molecular formula is C42H35N3O2. The Bertz CT molecular complexity index is 2110. The van der Waals surface area contributed by atoms with Crippen LogP contribution in [0, 0.1) is 16.0 Å². The van der Waals surface area contributed by atoms with Crippen LogP contribution in [0.3, 0.4) is 0 Å². The van der Waals surface area contributed by atoms with Gasteiger partial charge < -0.3 is 9.80 Å². The average molecular weight is 614 g/mol. The molecule has 1 unspecified atom stereocenters. The maximum absolute atomic E-state index is 11.3. The number of benzene rings is 6. The highest BCUT2D eigenvalue weighted by Gasteiger charge is 2.17. The van der Waals surface area contributed by atoms with Gasteiger partial charge >= 0.3 is 0 Å². The average Bonchev–Trinajstić information content (AvgIpc) is 3.12. The van der Waals surface area contributed by atoms with Gasteiger partial charge in [-0.1, -0.05) is 104 Å². The molecule has 1 atom stereocenters. The zero-order valence-corrected chi connectivity index (χ0v) is 26.5. The molecule has 0 saturated heterocycles. The Morgan fingerprint density at radius 1 is 0.660 bits per heavy atom. The fourth-order valence-electron chi connectivity index (χ4n) is 6.31. The molecule has 6 aromatic carbocycles. The molecule has 0 radical (unpaired) electrons. The predicted molar refractivity (Wildman–Crippen MR) is 196 cm³/mol. The van der Waals surface area contributed by atoms with Gasteiger partial charge in [0.2, 0.25) is 0 Å². The van der Waals surface area contributed by atoms with E-state index in [4.69, 9.17) is 0 Å². The first-order valence-corrected chi connectivity index (χ1v) is 15.9. The molecule has 0 heterocycles. The van der Waals surface area contributed by atoms with E-state index in [0.717, 1.165) is 46.0 Å². The van der Waals surface area contributed by atoms with E-state index < -0.39 is 0 Å². The summed E-state index contributed by atoms with van der Waals surface area (Å²) in [5, 5.41) is 13.7. The summed E-state index contributed by atoms with van der Waals surface area (Å²) in [6.07, 6.45) is 7.94. The first-order valence-electron chi connectivity index (χ1n) is 15.9. The van der Waals surface area contributed by atoms with E-state index in [1.165, 1.54) is 28.0 Å². The molecule has 0 bridgehead atoms. The second-order valence-corrected chi connectivity index (χ2v) is 12.0. The highest BCUT2D eigenvalue weighted by Crippen LogP contribution is 2.40. The largest absolute Gasteiger partial charge is 0.344 e. The number of rotatable bonds is 8. The van der Waals surface area contributed by atoms with Crippen molar-refractivity contribution in [3.05, 3.63) is 173 Å². The molecule has 47 heavy (non-hydrogen) atoms. The highest BCUT2D eigenvalue weighted by atomic mass is 16.6. The molecule has 5 nitrogen and oxygen atoms in total. The first-order chi connectivity index (χ1) is 22.9. The van der Waals surface area contributed by atoms with Gasteiger partial charge in [0.1, 0.15) is 0 Å². The molecule has 5 heteroatoms. The van der Waals surface area contributed by atoms with Gasteiger partial charge in [-0.15, -0.1) is 0 Å². The van der Waals surface area contributed by atoms with Crippen LogP contribution in [0.4, 0.5) is 34.1 Å². The van der Waals surface area contributed by atoms with Gasteiger partial charge in [0.15, 0.2) is 0 Å². The van der Waals surface area contributed by atoms with Crippen molar-refractivity contribution >= 4 is 50.5 Å². The van der Waals surface area contributed by atoms with Crippen LogP contribution in [0.15, 0.2) is 158 Å². The maximum atomic E-state index is 11.3. The minimum Gasteiger partial charge on any atom is -0.344 e. The van der Waals surface area contributed by atoms with E-state index in [0.29, 0.717) is 5.92 Å². The summed E-state index contributed by atoms with van der Waals surface area (Å²) in [6.45, 7) is 2.26. The second-order valence-electron chi connectivity index (χ2n) is 12.0. The third kappa shape index (κ3) is 6.16. The molecule has 230 valence electrons. The molecule has 0 N–H and O–H groups in total. The number of non-ortho nitro benzene ring substituents is 1. The van der Waals surface area contributed by atoms with Crippen LogP contribution in [0.1, 0.15) is 18.9 Å². The monoisotopic (exact) mass is 613 g/mol. The normalized spacial score (nSPS) is 14.1. The van der Waals surface area contributed by atoms with E-state index in [1.54, 1.807) is 12.1 Å². The SMILES string of the molecule is CC1C=C(c2ccc(N(c3ccc(-c4ccc(N(C)c5cccc([N+](=O)[O-])c5)cc4)cc3)c3cccc4ccccc34)cc2)C=CC1. The Balaban J connectivity index is 1.21. The van der Waals surface area contributed by atoms with Crippen molar-refractivity contribution in [1.82, 2.24) is 0 Å². The minimum absolute atomic E-state index is 0.0768. The van der Waals surface area contributed by atoms with E-state index >= 15 is 0 Å². The summed E-state index contributed by atoms with van der Waals surface area (Å²) < 4.78 is 0. The third-order valence-corrected chi connectivity index (χ3v) is 8.88. The van der Waals surface area contributed by atoms with Crippen LogP contribution in [-0.4, -0.2) is 12.0 Å². The predicted octanol–water partition coefficient (Wildman–Crippen LogP) is 11.6. The fourth-order valence-corrected chi connectivity index (χ4v) is 6.31. The van der Waals surface area contributed by atoms with Crippen molar-refractivity contribution in [3.63, 3.8) is 0 Å². The first kappa shape index (κ1) is 29.8. The molecule has 6 aromatic rings. The van der Waals surface area contributed by atoms with Crippen LogP contribution in [0.25, 0.3) is 27.5 Å². The van der Waals surface area contributed by atoms with Crippen LogP contribution in [0.5, 0.6) is 0 Å². The molecule has 0 spiro atoms. The Hall–Kier alpha value is -5.94. The summed E-state index contributed by atoms with van der Waals surface area (Å²) in [6, 6.07) is 47.5. The van der Waals surface area contributed by atoms with Gasteiger partial charge in [0.25, 0.3) is 5.69 Å². The molecule has 0 aromatic heterocycles. The van der Waals surface area contributed by atoms with Crippen molar-refractivity contribution in [2.45, 2.75) is 13.3 Å². The zero-order chi connectivity index (χ0) is 32.3. The molecule has 1 aliphatic rings. The summed E-state index contributed by atoms with van der Waals surface area (Å²) >= 11 is 0. The van der Waals surface area contributed by atoms with Gasteiger partial charge in [0, 0.05) is 47.3 Å². The van der Waals surface area contributed by atoms with Crippen LogP contribution in [-0.2, 0) is 0 Å². The summed E-state index contributed by atoms with van der Waals surface area (Å²) in [7, 11) is 1.92. The Kier molecular flexibility index (Phi) is 8.11. The smallest absolute Gasteiger partial charge is 0.271 e. The quantitative estimate of drug-likeness (QED) is 0.127. The number of anilines is 5. The van der Waals surface area contributed by atoms with Crippen LogP contribution >= 0.6 is 0 Å². The fraction of sp³-hybridized carbons (Fsp3) is 0.0952. The molecule has 0 saturated carbocycles. The number of nitro groups is 1. The number of allylic oxidation sites excluding steroid dienone is 4. The number of nitro benzene ring substituents is 1. The van der Waals surface area contributed by atoms with Gasteiger partial charge in [0.05, 0.1) is 10.6 Å². The van der Waals surface area contributed by atoms with E-state index in [9.17, 15) is 10.1 Å². The molecule has 7 rings (SSSR count). The lowest BCUT2D eigenvalue weighted by atomic mass is 9.93. The van der Waals surface area contributed by atoms with Crippen molar-refractivity contribution < 1.29 is 4.92 Å². The molecule has 0 aliphatic heterocycles. The lowest BCUT2D eigenvalue weighted by Crippen LogP contribution is -2.10. The van der Waals surface area contributed by atoms with Gasteiger partial charge in [-0.2, -0.15) is 0 Å². The van der Waals surface area contributed by atoms with Crippen molar-refractivity contribution in [2.24, 2.45) is 5.92 Å². The van der Waals surface area contributed by atoms with Gasteiger partial charge in [-0.25, -0.2) is 0 Å². The van der Waals surface area contributed by atoms with E-state index in [-0.39, 0.29) is 10.6 Å². The van der Waals surface area contributed by atoms with E-state index in [2.05, 4.69) is 133 Å². The number of hydrogen-bond donors (Lipinski definition) is 0. The molecular weight excluding hydrogens is 578 g/mol. The van der Waals surface area contributed by atoms with Crippen molar-refractivity contribution in [2.75, 3.05) is 16.8 Å². The summed E-state index contributed by atoms with van der Waals surface area (Å²) in [5.74, 6) is 0.547. The topological polar surface area (TPSA) is 49.6 Å². The minimum atomic E-state index is -0.367. The lowest BCUT2D eigenvalue weighted by Gasteiger charge is -2.27. The Morgan fingerprint density at radius 3 is 1.91 bits per heavy atom. The van der Waals surface area contributed by atoms with Gasteiger partial charge in [-0.05, 0) is 88.5 Å². The molecule has 1 aliphatic carbocycles.